The Hall–Kier alpha value is -3.98. The molecule has 5 rings (SSSR count). The molecule has 9 heteroatoms. The van der Waals surface area contributed by atoms with Crippen molar-refractivity contribution in [3.8, 4) is 17.2 Å². The SMILES string of the molecule is COc1ccc(C=C2Oc3ccccc3N(CC(=O)N3CCN(c4ccccc4OC)CC3)C2=O)cc1Br. The van der Waals surface area contributed by atoms with Crippen molar-refractivity contribution in [1.82, 2.24) is 4.90 Å². The van der Waals surface area contributed by atoms with E-state index in [4.69, 9.17) is 14.2 Å². The molecule has 1 fully saturated rings. The van der Waals surface area contributed by atoms with E-state index in [1.54, 1.807) is 37.3 Å². The zero-order valence-corrected chi connectivity index (χ0v) is 22.8. The minimum absolute atomic E-state index is 0.0719. The molecule has 2 amide bonds. The first-order chi connectivity index (χ1) is 18.5. The van der Waals surface area contributed by atoms with Crippen molar-refractivity contribution < 1.29 is 23.8 Å². The average Bonchev–Trinajstić information content (AvgIpc) is 2.95. The highest BCUT2D eigenvalue weighted by Crippen LogP contribution is 2.36. The average molecular weight is 578 g/mol. The summed E-state index contributed by atoms with van der Waals surface area (Å²) in [7, 11) is 3.25. The Balaban J connectivity index is 1.32. The van der Waals surface area contributed by atoms with Gasteiger partial charge >= 0.3 is 0 Å². The van der Waals surface area contributed by atoms with Gasteiger partial charge in [0.15, 0.2) is 11.5 Å². The van der Waals surface area contributed by atoms with Crippen LogP contribution in [-0.2, 0) is 9.59 Å². The summed E-state index contributed by atoms with van der Waals surface area (Å²) >= 11 is 3.48. The van der Waals surface area contributed by atoms with Crippen LogP contribution in [-0.4, -0.2) is 63.7 Å². The van der Waals surface area contributed by atoms with Gasteiger partial charge in [0.1, 0.15) is 18.0 Å². The number of piperazine rings is 1. The standard InChI is InChI=1S/C29H28BrN3O5/c1-36-24-12-11-20(17-21(24)30)18-27-29(35)33(23-8-4-6-10-26(23)38-27)19-28(34)32-15-13-31(14-16-32)22-7-3-5-9-25(22)37-2/h3-12,17-18H,13-16,19H2,1-2H3. The molecule has 0 unspecified atom stereocenters. The molecule has 2 heterocycles. The number of rotatable bonds is 6. The summed E-state index contributed by atoms with van der Waals surface area (Å²) in [6.45, 7) is 2.39. The maximum absolute atomic E-state index is 13.5. The quantitative estimate of drug-likeness (QED) is 0.399. The number of benzene rings is 3. The third-order valence-electron chi connectivity index (χ3n) is 6.66. The second kappa shape index (κ2) is 11.2. The van der Waals surface area contributed by atoms with E-state index in [-0.39, 0.29) is 24.1 Å². The van der Waals surface area contributed by atoms with Crippen molar-refractivity contribution in [2.75, 3.05) is 56.7 Å². The predicted octanol–water partition coefficient (Wildman–Crippen LogP) is 4.58. The van der Waals surface area contributed by atoms with Crippen LogP contribution in [0.5, 0.6) is 17.2 Å². The van der Waals surface area contributed by atoms with Crippen molar-refractivity contribution in [1.29, 1.82) is 0 Å². The highest BCUT2D eigenvalue weighted by atomic mass is 79.9. The Morgan fingerprint density at radius 1 is 0.921 bits per heavy atom. The molecular weight excluding hydrogens is 550 g/mol. The fourth-order valence-electron chi connectivity index (χ4n) is 4.67. The second-order valence-corrected chi connectivity index (χ2v) is 9.76. The number of fused-ring (bicyclic) bond motifs is 1. The van der Waals surface area contributed by atoms with Crippen molar-refractivity contribution >= 4 is 45.2 Å². The van der Waals surface area contributed by atoms with E-state index >= 15 is 0 Å². The Morgan fingerprint density at radius 3 is 2.32 bits per heavy atom. The first-order valence-electron chi connectivity index (χ1n) is 12.3. The number of hydrogen-bond donors (Lipinski definition) is 0. The normalized spacial score (nSPS) is 16.2. The van der Waals surface area contributed by atoms with Gasteiger partial charge in [-0.05, 0) is 64.0 Å². The van der Waals surface area contributed by atoms with Crippen LogP contribution in [0.15, 0.2) is 77.0 Å². The van der Waals surface area contributed by atoms with Gasteiger partial charge in [0.2, 0.25) is 5.91 Å². The maximum atomic E-state index is 13.5. The van der Waals surface area contributed by atoms with E-state index in [9.17, 15) is 9.59 Å². The van der Waals surface area contributed by atoms with Crippen molar-refractivity contribution in [3.63, 3.8) is 0 Å². The zero-order chi connectivity index (χ0) is 26.6. The number of anilines is 2. The molecule has 196 valence electrons. The number of amides is 2. The first kappa shape index (κ1) is 25.7. The van der Waals surface area contributed by atoms with E-state index < -0.39 is 0 Å². The minimum atomic E-state index is -0.364. The van der Waals surface area contributed by atoms with Gasteiger partial charge in [0.25, 0.3) is 5.91 Å². The summed E-state index contributed by atoms with van der Waals surface area (Å²) in [5.74, 6) is 1.70. The summed E-state index contributed by atoms with van der Waals surface area (Å²) in [5, 5.41) is 0. The van der Waals surface area contributed by atoms with Gasteiger partial charge in [-0.3, -0.25) is 14.5 Å². The lowest BCUT2D eigenvalue weighted by Crippen LogP contribution is -2.52. The van der Waals surface area contributed by atoms with Crippen molar-refractivity contribution in [3.05, 3.63) is 82.5 Å². The zero-order valence-electron chi connectivity index (χ0n) is 21.2. The Kier molecular flexibility index (Phi) is 7.55. The van der Waals surface area contributed by atoms with Gasteiger partial charge in [-0.15, -0.1) is 0 Å². The summed E-state index contributed by atoms with van der Waals surface area (Å²) in [4.78, 5) is 32.4. The third kappa shape index (κ3) is 5.19. The number of hydrogen-bond acceptors (Lipinski definition) is 6. The summed E-state index contributed by atoms with van der Waals surface area (Å²) in [6, 6.07) is 20.6. The summed E-state index contributed by atoms with van der Waals surface area (Å²) in [6.07, 6.45) is 1.67. The lowest BCUT2D eigenvalue weighted by atomic mass is 10.1. The van der Waals surface area contributed by atoms with E-state index in [1.165, 1.54) is 4.90 Å². The molecule has 8 nitrogen and oxygen atoms in total. The highest BCUT2D eigenvalue weighted by Gasteiger charge is 2.33. The maximum Gasteiger partial charge on any atom is 0.294 e. The van der Waals surface area contributed by atoms with E-state index in [0.29, 0.717) is 43.4 Å². The van der Waals surface area contributed by atoms with E-state index in [2.05, 4.69) is 20.8 Å². The fourth-order valence-corrected chi connectivity index (χ4v) is 5.22. The van der Waals surface area contributed by atoms with E-state index in [0.717, 1.165) is 21.5 Å². The molecule has 0 radical (unpaired) electrons. The molecule has 0 bridgehead atoms. The van der Waals surface area contributed by atoms with Gasteiger partial charge in [0, 0.05) is 26.2 Å². The van der Waals surface area contributed by atoms with Gasteiger partial charge in [-0.1, -0.05) is 30.3 Å². The molecule has 3 aromatic rings. The lowest BCUT2D eigenvalue weighted by Gasteiger charge is -2.38. The van der Waals surface area contributed by atoms with Crippen LogP contribution in [0, 0.1) is 0 Å². The Morgan fingerprint density at radius 2 is 1.61 bits per heavy atom. The van der Waals surface area contributed by atoms with Gasteiger partial charge in [0.05, 0.1) is 30.1 Å². The van der Waals surface area contributed by atoms with Crippen LogP contribution in [0.25, 0.3) is 6.08 Å². The topological polar surface area (TPSA) is 71.6 Å². The number of nitrogens with zero attached hydrogens (tertiary/aromatic N) is 3. The number of methoxy groups -OCH3 is 2. The van der Waals surface area contributed by atoms with Gasteiger partial charge in [-0.25, -0.2) is 0 Å². The number of carbonyl (C=O) groups is 2. The molecule has 0 saturated carbocycles. The number of carbonyl (C=O) groups excluding carboxylic acids is 2. The summed E-state index contributed by atoms with van der Waals surface area (Å²) in [5.41, 5.74) is 2.35. The van der Waals surface area contributed by atoms with Crippen LogP contribution >= 0.6 is 15.9 Å². The molecule has 0 spiro atoms. The molecule has 0 N–H and O–H groups in total. The number of para-hydroxylation sites is 4. The second-order valence-electron chi connectivity index (χ2n) is 8.90. The molecule has 2 aliphatic heterocycles. The van der Waals surface area contributed by atoms with E-state index in [1.807, 2.05) is 54.6 Å². The molecular formula is C29H28BrN3O5. The molecule has 38 heavy (non-hydrogen) atoms. The molecule has 1 saturated heterocycles. The highest BCUT2D eigenvalue weighted by molar-refractivity contribution is 9.10. The van der Waals surface area contributed by atoms with Crippen molar-refractivity contribution in [2.24, 2.45) is 0 Å². The fraction of sp³-hybridized carbons (Fsp3) is 0.241. The molecule has 0 atom stereocenters. The van der Waals surface area contributed by atoms with Gasteiger partial charge < -0.3 is 24.0 Å². The third-order valence-corrected chi connectivity index (χ3v) is 7.28. The van der Waals surface area contributed by atoms with Gasteiger partial charge in [-0.2, -0.15) is 0 Å². The van der Waals surface area contributed by atoms with Crippen LogP contribution in [0.1, 0.15) is 5.56 Å². The number of ether oxygens (including phenoxy) is 3. The molecule has 2 aliphatic rings. The molecule has 0 aromatic heterocycles. The van der Waals surface area contributed by atoms with Crippen molar-refractivity contribution in [2.45, 2.75) is 0 Å². The molecule has 3 aromatic carbocycles. The van der Waals surface area contributed by atoms with Crippen LogP contribution in [0.4, 0.5) is 11.4 Å². The van der Waals surface area contributed by atoms with Crippen LogP contribution in [0.2, 0.25) is 0 Å². The lowest BCUT2D eigenvalue weighted by molar-refractivity contribution is -0.131. The predicted molar refractivity (Wildman–Crippen MR) is 150 cm³/mol. The Bertz CT molecular complexity index is 1380. The first-order valence-corrected chi connectivity index (χ1v) is 13.1. The molecule has 0 aliphatic carbocycles. The largest absolute Gasteiger partial charge is 0.496 e. The minimum Gasteiger partial charge on any atom is -0.496 e. The summed E-state index contributed by atoms with van der Waals surface area (Å²) < 4.78 is 17.5. The Labute approximate surface area is 230 Å². The monoisotopic (exact) mass is 577 g/mol. The number of halogens is 1. The smallest absolute Gasteiger partial charge is 0.294 e. The van der Waals surface area contributed by atoms with Crippen LogP contribution in [0.3, 0.4) is 0 Å². The van der Waals surface area contributed by atoms with Crippen LogP contribution < -0.4 is 24.0 Å².